The van der Waals surface area contributed by atoms with Crippen molar-refractivity contribution >= 4 is 5.78 Å². The zero-order chi connectivity index (χ0) is 14.8. The molecule has 0 aliphatic carbocycles. The van der Waals surface area contributed by atoms with Crippen LogP contribution in [-0.2, 0) is 11.2 Å². The molecular weight excluding hydrogens is 248 g/mol. The van der Waals surface area contributed by atoms with E-state index in [1.54, 1.807) is 6.92 Å². The number of hydrogen-bond donors (Lipinski definition) is 0. The van der Waals surface area contributed by atoms with E-state index in [1.165, 1.54) is 31.2 Å². The van der Waals surface area contributed by atoms with E-state index in [4.69, 9.17) is 4.74 Å². The number of benzene rings is 1. The molecule has 0 heterocycles. The van der Waals surface area contributed by atoms with Gasteiger partial charge in [-0.05, 0) is 43.4 Å². The molecule has 0 aliphatic heterocycles. The summed E-state index contributed by atoms with van der Waals surface area (Å²) in [5, 5.41) is 0. The van der Waals surface area contributed by atoms with Crippen molar-refractivity contribution < 1.29 is 9.53 Å². The van der Waals surface area contributed by atoms with Gasteiger partial charge in [0.1, 0.15) is 11.5 Å². The van der Waals surface area contributed by atoms with Gasteiger partial charge in [-0.3, -0.25) is 0 Å². The smallest absolute Gasteiger partial charge is 0.130 e. The Labute approximate surface area is 123 Å². The van der Waals surface area contributed by atoms with Crippen molar-refractivity contribution in [3.05, 3.63) is 29.8 Å². The van der Waals surface area contributed by atoms with Crippen LogP contribution in [0.3, 0.4) is 0 Å². The maximum atomic E-state index is 11.0. The lowest BCUT2D eigenvalue weighted by Gasteiger charge is -2.15. The molecule has 0 aromatic heterocycles. The maximum absolute atomic E-state index is 11.0. The van der Waals surface area contributed by atoms with Crippen molar-refractivity contribution in [3.8, 4) is 5.75 Å². The second-order valence-electron chi connectivity index (χ2n) is 5.57. The highest BCUT2D eigenvalue weighted by Crippen LogP contribution is 2.17. The van der Waals surface area contributed by atoms with Gasteiger partial charge in [0.25, 0.3) is 0 Å². The lowest BCUT2D eigenvalue weighted by Crippen LogP contribution is -2.11. The number of Topliss-reactive ketones (excluding diaryl/α,β-unsaturated/α-hetero) is 1. The standard InChI is InChI=1S/C18H28O2/c1-4-6-7-16(5-2)14-20-18-12-10-17(11-13-18)9-8-15(3)19/h10-13,16H,4-9,14H2,1-3H3. The van der Waals surface area contributed by atoms with E-state index in [0.717, 1.165) is 18.8 Å². The number of carbonyl (C=O) groups excluding carboxylic acids is 1. The van der Waals surface area contributed by atoms with E-state index in [-0.39, 0.29) is 5.78 Å². The van der Waals surface area contributed by atoms with Crippen LogP contribution in [0.5, 0.6) is 5.75 Å². The summed E-state index contributed by atoms with van der Waals surface area (Å²) in [7, 11) is 0. The van der Waals surface area contributed by atoms with Gasteiger partial charge in [-0.2, -0.15) is 0 Å². The number of carbonyl (C=O) groups is 1. The zero-order valence-electron chi connectivity index (χ0n) is 13.2. The summed E-state index contributed by atoms with van der Waals surface area (Å²) in [6.07, 6.45) is 6.41. The molecule has 0 amide bonds. The SMILES string of the molecule is CCCCC(CC)COc1ccc(CCC(C)=O)cc1. The fourth-order valence-corrected chi connectivity index (χ4v) is 2.18. The van der Waals surface area contributed by atoms with Crippen LogP contribution in [0, 0.1) is 5.92 Å². The molecule has 112 valence electrons. The Bertz CT molecular complexity index is 381. The predicted molar refractivity (Wildman–Crippen MR) is 84.2 cm³/mol. The fraction of sp³-hybridized carbons (Fsp3) is 0.611. The molecule has 1 aromatic carbocycles. The molecule has 1 rings (SSSR count). The highest BCUT2D eigenvalue weighted by molar-refractivity contribution is 5.75. The van der Waals surface area contributed by atoms with Gasteiger partial charge in [-0.25, -0.2) is 0 Å². The number of unbranched alkanes of at least 4 members (excludes halogenated alkanes) is 1. The van der Waals surface area contributed by atoms with Gasteiger partial charge in [0.05, 0.1) is 6.61 Å². The molecule has 0 radical (unpaired) electrons. The summed E-state index contributed by atoms with van der Waals surface area (Å²) in [5.74, 6) is 1.84. The highest BCUT2D eigenvalue weighted by atomic mass is 16.5. The molecule has 0 saturated carbocycles. The summed E-state index contributed by atoms with van der Waals surface area (Å²) in [6.45, 7) is 6.91. The van der Waals surface area contributed by atoms with Crippen LogP contribution in [0.4, 0.5) is 0 Å². The first-order chi connectivity index (χ1) is 9.65. The molecule has 0 aliphatic rings. The lowest BCUT2D eigenvalue weighted by atomic mass is 10.0. The average Bonchev–Trinajstić information content (AvgIpc) is 2.46. The zero-order valence-corrected chi connectivity index (χ0v) is 13.2. The molecule has 1 unspecified atom stereocenters. The second-order valence-corrected chi connectivity index (χ2v) is 5.57. The summed E-state index contributed by atoms with van der Waals surface area (Å²) >= 11 is 0. The molecule has 0 fully saturated rings. The molecule has 1 atom stereocenters. The third kappa shape index (κ3) is 6.74. The van der Waals surface area contributed by atoms with E-state index in [1.807, 2.05) is 12.1 Å². The number of ether oxygens (including phenoxy) is 1. The van der Waals surface area contributed by atoms with Crippen molar-refractivity contribution in [2.75, 3.05) is 6.61 Å². The Kier molecular flexibility index (Phi) is 8.01. The lowest BCUT2D eigenvalue weighted by molar-refractivity contribution is -0.116. The molecule has 0 spiro atoms. The van der Waals surface area contributed by atoms with Crippen molar-refractivity contribution in [2.24, 2.45) is 5.92 Å². The van der Waals surface area contributed by atoms with Crippen LogP contribution in [0.2, 0.25) is 0 Å². The van der Waals surface area contributed by atoms with Gasteiger partial charge in [0.15, 0.2) is 0 Å². The first-order valence-corrected chi connectivity index (χ1v) is 7.86. The van der Waals surface area contributed by atoms with E-state index in [9.17, 15) is 4.79 Å². The topological polar surface area (TPSA) is 26.3 Å². The van der Waals surface area contributed by atoms with E-state index >= 15 is 0 Å². The average molecular weight is 276 g/mol. The Morgan fingerprint density at radius 3 is 2.45 bits per heavy atom. The Morgan fingerprint density at radius 2 is 1.90 bits per heavy atom. The molecular formula is C18H28O2. The van der Waals surface area contributed by atoms with E-state index in [0.29, 0.717) is 12.3 Å². The van der Waals surface area contributed by atoms with Gasteiger partial charge in [-0.15, -0.1) is 0 Å². The molecule has 0 saturated heterocycles. The van der Waals surface area contributed by atoms with Gasteiger partial charge >= 0.3 is 0 Å². The maximum Gasteiger partial charge on any atom is 0.130 e. The van der Waals surface area contributed by atoms with Crippen LogP contribution >= 0.6 is 0 Å². The van der Waals surface area contributed by atoms with Crippen molar-refractivity contribution in [2.45, 2.75) is 59.3 Å². The van der Waals surface area contributed by atoms with Crippen molar-refractivity contribution in [1.82, 2.24) is 0 Å². The highest BCUT2D eigenvalue weighted by Gasteiger charge is 2.07. The molecule has 2 nitrogen and oxygen atoms in total. The minimum Gasteiger partial charge on any atom is -0.493 e. The fourth-order valence-electron chi connectivity index (χ4n) is 2.18. The minimum atomic E-state index is 0.243. The molecule has 0 bridgehead atoms. The predicted octanol–water partition coefficient (Wildman–Crippen LogP) is 4.80. The van der Waals surface area contributed by atoms with Gasteiger partial charge < -0.3 is 9.53 Å². The first kappa shape index (κ1) is 16.7. The van der Waals surface area contributed by atoms with Crippen molar-refractivity contribution in [1.29, 1.82) is 0 Å². The number of rotatable bonds is 10. The Morgan fingerprint density at radius 1 is 1.20 bits per heavy atom. The third-order valence-corrected chi connectivity index (χ3v) is 3.72. The van der Waals surface area contributed by atoms with Gasteiger partial charge in [0, 0.05) is 6.42 Å². The van der Waals surface area contributed by atoms with Crippen LogP contribution in [0.25, 0.3) is 0 Å². The monoisotopic (exact) mass is 276 g/mol. The number of aryl methyl sites for hydroxylation is 1. The van der Waals surface area contributed by atoms with E-state index in [2.05, 4.69) is 26.0 Å². The first-order valence-electron chi connectivity index (χ1n) is 7.86. The van der Waals surface area contributed by atoms with E-state index < -0.39 is 0 Å². The van der Waals surface area contributed by atoms with Crippen LogP contribution in [0.15, 0.2) is 24.3 Å². The largest absolute Gasteiger partial charge is 0.493 e. The number of hydrogen-bond acceptors (Lipinski definition) is 2. The van der Waals surface area contributed by atoms with Crippen molar-refractivity contribution in [3.63, 3.8) is 0 Å². The van der Waals surface area contributed by atoms with Crippen LogP contribution in [0.1, 0.15) is 58.4 Å². The molecule has 0 N–H and O–H groups in total. The van der Waals surface area contributed by atoms with Crippen LogP contribution < -0.4 is 4.74 Å². The summed E-state index contributed by atoms with van der Waals surface area (Å²) in [4.78, 5) is 11.0. The minimum absolute atomic E-state index is 0.243. The Hall–Kier alpha value is -1.31. The summed E-state index contributed by atoms with van der Waals surface area (Å²) in [6, 6.07) is 8.15. The molecule has 1 aromatic rings. The van der Waals surface area contributed by atoms with Gasteiger partial charge in [-0.1, -0.05) is 45.2 Å². The Balaban J connectivity index is 2.38. The molecule has 2 heteroatoms. The third-order valence-electron chi connectivity index (χ3n) is 3.72. The van der Waals surface area contributed by atoms with Crippen LogP contribution in [-0.4, -0.2) is 12.4 Å². The number of ketones is 1. The second kappa shape index (κ2) is 9.57. The summed E-state index contributed by atoms with van der Waals surface area (Å²) in [5.41, 5.74) is 1.20. The summed E-state index contributed by atoms with van der Waals surface area (Å²) < 4.78 is 5.87. The quantitative estimate of drug-likeness (QED) is 0.613. The van der Waals surface area contributed by atoms with Gasteiger partial charge in [0.2, 0.25) is 0 Å². The molecule has 20 heavy (non-hydrogen) atoms. The normalized spacial score (nSPS) is 12.2.